The highest BCUT2D eigenvalue weighted by atomic mass is 16.5. The highest BCUT2D eigenvalue weighted by Gasteiger charge is 2.40. The Balaban J connectivity index is 0.000000562. The van der Waals surface area contributed by atoms with Crippen molar-refractivity contribution in [2.75, 3.05) is 0 Å². The zero-order chi connectivity index (χ0) is 34.0. The maximum absolute atomic E-state index is 12.2. The predicted molar refractivity (Wildman–Crippen MR) is 191 cm³/mol. The number of ether oxygens (including phenoxy) is 2. The topological polar surface area (TPSA) is 76.7 Å². The molecule has 2 heterocycles. The first-order chi connectivity index (χ1) is 21.0. The minimum absolute atomic E-state index is 0.00296. The van der Waals surface area contributed by atoms with Gasteiger partial charge in [0.15, 0.2) is 0 Å². The standard InChI is InChI=1S/C27H53NO2.C12H21NO2/c1-6-7-8-9-10-11-12-13-14-15-16-17-18-19-20-21-25(29)30-24-22-26(2,3)28-27(4,5)23-24;1-6-10(14)15-9-7-11(2,3)13-12(4,5)8-9/h24,28H,6-23H2,1-5H3;6,9,13H,1,7-8H2,2-5H3. The van der Waals surface area contributed by atoms with Crippen molar-refractivity contribution in [3.8, 4) is 0 Å². The Morgan fingerprint density at radius 1 is 0.578 bits per heavy atom. The zero-order valence-electron chi connectivity index (χ0n) is 31.2. The molecule has 0 spiro atoms. The molecule has 0 aromatic heterocycles. The van der Waals surface area contributed by atoms with Crippen LogP contribution in [0.25, 0.3) is 0 Å². The van der Waals surface area contributed by atoms with Crippen LogP contribution in [0, 0.1) is 0 Å². The molecule has 0 aromatic carbocycles. The monoisotopic (exact) mass is 635 g/mol. The molecular formula is C39H74N2O4. The lowest BCUT2D eigenvalue weighted by atomic mass is 9.81. The van der Waals surface area contributed by atoms with E-state index < -0.39 is 0 Å². The fraction of sp³-hybridized carbons (Fsp3) is 0.897. The van der Waals surface area contributed by atoms with Gasteiger partial charge in [0.2, 0.25) is 0 Å². The molecule has 0 saturated carbocycles. The second kappa shape index (κ2) is 20.8. The molecule has 2 N–H and O–H groups in total. The summed E-state index contributed by atoms with van der Waals surface area (Å²) in [5.74, 6) is -0.323. The van der Waals surface area contributed by atoms with Gasteiger partial charge in [-0.05, 0) is 61.8 Å². The van der Waals surface area contributed by atoms with Crippen LogP contribution in [0.5, 0.6) is 0 Å². The van der Waals surface area contributed by atoms with Gasteiger partial charge in [-0.25, -0.2) is 4.79 Å². The second-order valence-electron chi connectivity index (χ2n) is 16.7. The molecule has 0 amide bonds. The maximum atomic E-state index is 12.2. The first kappa shape index (κ1) is 41.6. The molecule has 6 heteroatoms. The lowest BCUT2D eigenvalue weighted by molar-refractivity contribution is -0.153. The summed E-state index contributed by atoms with van der Waals surface area (Å²) in [6.07, 6.45) is 25.6. The van der Waals surface area contributed by atoms with Gasteiger partial charge in [-0.2, -0.15) is 0 Å². The smallest absolute Gasteiger partial charge is 0.330 e. The molecule has 0 atom stereocenters. The Bertz CT molecular complexity index is 816. The number of carbonyl (C=O) groups is 2. The van der Waals surface area contributed by atoms with Gasteiger partial charge in [-0.1, -0.05) is 103 Å². The number of hydrogen-bond donors (Lipinski definition) is 2. The molecule has 2 rings (SSSR count). The van der Waals surface area contributed by atoms with Crippen molar-refractivity contribution in [2.24, 2.45) is 0 Å². The minimum atomic E-state index is -0.325. The molecule has 0 unspecified atom stereocenters. The molecule has 2 aliphatic rings. The highest BCUT2D eigenvalue weighted by Crippen LogP contribution is 2.31. The van der Waals surface area contributed by atoms with Crippen molar-refractivity contribution < 1.29 is 19.1 Å². The average molecular weight is 635 g/mol. The second-order valence-corrected chi connectivity index (χ2v) is 16.7. The van der Waals surface area contributed by atoms with Gasteiger partial charge in [-0.15, -0.1) is 0 Å². The molecule has 0 radical (unpaired) electrons. The predicted octanol–water partition coefficient (Wildman–Crippen LogP) is 10.1. The van der Waals surface area contributed by atoms with Gasteiger partial charge in [-0.3, -0.25) is 4.79 Å². The summed E-state index contributed by atoms with van der Waals surface area (Å²) in [6.45, 7) is 23.0. The van der Waals surface area contributed by atoms with Crippen LogP contribution in [-0.4, -0.2) is 46.3 Å². The Morgan fingerprint density at radius 2 is 0.889 bits per heavy atom. The van der Waals surface area contributed by atoms with Crippen LogP contribution < -0.4 is 10.6 Å². The van der Waals surface area contributed by atoms with Crippen molar-refractivity contribution in [1.82, 2.24) is 10.6 Å². The van der Waals surface area contributed by atoms with Crippen LogP contribution in [-0.2, 0) is 19.1 Å². The third-order valence-corrected chi connectivity index (χ3v) is 9.04. The van der Waals surface area contributed by atoms with Gasteiger partial charge < -0.3 is 20.1 Å². The molecule has 2 aliphatic heterocycles. The van der Waals surface area contributed by atoms with Crippen LogP contribution in [0.3, 0.4) is 0 Å². The first-order valence-electron chi connectivity index (χ1n) is 18.6. The van der Waals surface area contributed by atoms with E-state index in [1.54, 1.807) is 0 Å². The average Bonchev–Trinajstić information content (AvgIpc) is 2.87. The normalized spacial score (nSPS) is 20.5. The van der Waals surface area contributed by atoms with E-state index in [1.165, 1.54) is 89.5 Å². The van der Waals surface area contributed by atoms with Gasteiger partial charge in [0.05, 0.1) is 0 Å². The number of hydrogen-bond acceptors (Lipinski definition) is 6. The van der Waals surface area contributed by atoms with E-state index in [9.17, 15) is 9.59 Å². The quantitative estimate of drug-likeness (QED) is 0.0836. The van der Waals surface area contributed by atoms with Crippen molar-refractivity contribution in [2.45, 2.75) is 225 Å². The van der Waals surface area contributed by atoms with E-state index in [4.69, 9.17) is 9.47 Å². The van der Waals surface area contributed by atoms with Crippen molar-refractivity contribution in [3.63, 3.8) is 0 Å². The molecule has 264 valence electrons. The molecule has 2 saturated heterocycles. The Kier molecular flexibility index (Phi) is 19.2. The van der Waals surface area contributed by atoms with E-state index in [0.717, 1.165) is 38.5 Å². The summed E-state index contributed by atoms with van der Waals surface area (Å²) in [6, 6.07) is 0. The number of carbonyl (C=O) groups excluding carboxylic acids is 2. The van der Waals surface area contributed by atoms with Crippen LogP contribution >= 0.6 is 0 Å². The summed E-state index contributed by atoms with van der Waals surface area (Å²) < 4.78 is 11.1. The van der Waals surface area contributed by atoms with E-state index in [-0.39, 0.29) is 46.3 Å². The summed E-state index contributed by atoms with van der Waals surface area (Å²) in [5, 5.41) is 7.18. The zero-order valence-corrected chi connectivity index (χ0v) is 31.2. The molecule has 45 heavy (non-hydrogen) atoms. The minimum Gasteiger partial charge on any atom is -0.462 e. The largest absolute Gasteiger partial charge is 0.462 e. The SMILES string of the molecule is C=CC(=O)OC1CC(C)(C)NC(C)(C)C1.CCCCCCCCCCCCCCCCCC(=O)OC1CC(C)(C)NC(C)(C)C1. The highest BCUT2D eigenvalue weighted by molar-refractivity contribution is 5.81. The van der Waals surface area contributed by atoms with E-state index >= 15 is 0 Å². The molecule has 2 fully saturated rings. The Morgan fingerprint density at radius 3 is 1.22 bits per heavy atom. The van der Waals surface area contributed by atoms with Crippen molar-refractivity contribution in [3.05, 3.63) is 12.7 Å². The van der Waals surface area contributed by atoms with Crippen LogP contribution in [0.15, 0.2) is 12.7 Å². The third-order valence-electron chi connectivity index (χ3n) is 9.04. The lowest BCUT2D eigenvalue weighted by Gasteiger charge is -2.45. The maximum Gasteiger partial charge on any atom is 0.330 e. The van der Waals surface area contributed by atoms with Crippen LogP contribution in [0.2, 0.25) is 0 Å². The van der Waals surface area contributed by atoms with E-state index in [2.05, 4.69) is 79.5 Å². The fourth-order valence-electron chi connectivity index (χ4n) is 7.72. The molecular weight excluding hydrogens is 560 g/mol. The summed E-state index contributed by atoms with van der Waals surface area (Å²) in [7, 11) is 0. The third kappa shape index (κ3) is 21.2. The Hall–Kier alpha value is -1.40. The van der Waals surface area contributed by atoms with Gasteiger partial charge >= 0.3 is 11.9 Å². The molecule has 0 bridgehead atoms. The number of piperidine rings is 2. The summed E-state index contributed by atoms with van der Waals surface area (Å²) in [4.78, 5) is 23.4. The lowest BCUT2D eigenvalue weighted by Crippen LogP contribution is -2.59. The number of esters is 2. The fourth-order valence-corrected chi connectivity index (χ4v) is 7.72. The van der Waals surface area contributed by atoms with E-state index in [1.807, 2.05) is 0 Å². The number of nitrogens with one attached hydrogen (secondary N) is 2. The van der Waals surface area contributed by atoms with Crippen LogP contribution in [0.1, 0.15) is 191 Å². The molecule has 0 aromatic rings. The summed E-state index contributed by atoms with van der Waals surface area (Å²) in [5.41, 5.74) is 0.0738. The van der Waals surface area contributed by atoms with Gasteiger partial charge in [0.1, 0.15) is 12.2 Å². The number of unbranched alkanes of at least 4 members (excludes halogenated alkanes) is 14. The number of rotatable bonds is 19. The molecule has 6 nitrogen and oxygen atoms in total. The summed E-state index contributed by atoms with van der Waals surface area (Å²) >= 11 is 0. The first-order valence-corrected chi connectivity index (χ1v) is 18.6. The van der Waals surface area contributed by atoms with Crippen molar-refractivity contribution in [1.29, 1.82) is 0 Å². The Labute approximate surface area is 279 Å². The van der Waals surface area contributed by atoms with E-state index in [0.29, 0.717) is 6.42 Å². The van der Waals surface area contributed by atoms with Crippen molar-refractivity contribution >= 4 is 11.9 Å². The van der Waals surface area contributed by atoms with Crippen LogP contribution in [0.4, 0.5) is 0 Å². The van der Waals surface area contributed by atoms with Gasteiger partial charge in [0.25, 0.3) is 0 Å². The molecule has 0 aliphatic carbocycles. The van der Waals surface area contributed by atoms with Gasteiger partial charge in [0, 0.05) is 60.3 Å².